The summed E-state index contributed by atoms with van der Waals surface area (Å²) in [4.78, 5) is 14.1. The van der Waals surface area contributed by atoms with Crippen LogP contribution < -0.4 is 4.90 Å². The van der Waals surface area contributed by atoms with E-state index < -0.39 is 10.2 Å². The fourth-order valence-electron chi connectivity index (χ4n) is 4.22. The average molecular weight is 391 g/mol. The first-order chi connectivity index (χ1) is 13.0. The normalized spacial score (nSPS) is 22.8. The van der Waals surface area contributed by atoms with Crippen LogP contribution in [-0.4, -0.2) is 70.7 Å². The Bertz CT molecular complexity index is 950. The molecule has 2 aromatic heterocycles. The van der Waals surface area contributed by atoms with Crippen LogP contribution in [0.15, 0.2) is 18.6 Å². The third-order valence-electron chi connectivity index (χ3n) is 6.27. The van der Waals surface area contributed by atoms with E-state index >= 15 is 0 Å². The lowest BCUT2D eigenvalue weighted by molar-refractivity contribution is 0.250. The second kappa shape index (κ2) is 6.15. The van der Waals surface area contributed by atoms with Crippen molar-refractivity contribution in [3.05, 3.63) is 18.6 Å². The summed E-state index contributed by atoms with van der Waals surface area (Å²) in [6, 6.07) is 1.99. The van der Waals surface area contributed by atoms with Crippen LogP contribution in [0.4, 0.5) is 5.82 Å². The predicted molar refractivity (Wildman–Crippen MR) is 104 cm³/mol. The van der Waals surface area contributed by atoms with Crippen molar-refractivity contribution in [3.8, 4) is 0 Å². The first-order valence-electron chi connectivity index (χ1n) is 9.77. The number of rotatable bonds is 6. The zero-order valence-electron chi connectivity index (χ0n) is 15.6. The number of hydrogen-bond acceptors (Lipinski definition) is 5. The summed E-state index contributed by atoms with van der Waals surface area (Å²) in [5.74, 6) is 1.63. The molecule has 1 aliphatic heterocycles. The predicted octanol–water partition coefficient (Wildman–Crippen LogP) is 1.59. The van der Waals surface area contributed by atoms with Gasteiger partial charge in [-0.1, -0.05) is 12.8 Å². The highest BCUT2D eigenvalue weighted by Gasteiger charge is 2.56. The Morgan fingerprint density at radius 1 is 1.30 bits per heavy atom. The second-order valence-corrected chi connectivity index (χ2v) is 10.2. The number of H-pyrrole nitrogens is 1. The quantitative estimate of drug-likeness (QED) is 0.810. The monoisotopic (exact) mass is 390 g/mol. The number of anilines is 1. The highest BCUT2D eigenvalue weighted by molar-refractivity contribution is 7.86. The minimum absolute atomic E-state index is 0.279. The van der Waals surface area contributed by atoms with E-state index in [0.717, 1.165) is 42.0 Å². The maximum atomic E-state index is 13.2. The smallest absolute Gasteiger partial charge is 0.282 e. The molecule has 0 bridgehead atoms. The molecule has 0 unspecified atom stereocenters. The van der Waals surface area contributed by atoms with Crippen LogP contribution >= 0.6 is 0 Å². The lowest BCUT2D eigenvalue weighted by atomic mass is 10.2. The molecular formula is C18H26N6O2S. The number of nitrogens with one attached hydrogen (secondary N) is 1. The van der Waals surface area contributed by atoms with Gasteiger partial charge in [0, 0.05) is 39.4 Å². The molecule has 0 aromatic carbocycles. The van der Waals surface area contributed by atoms with Gasteiger partial charge in [0.15, 0.2) is 0 Å². The summed E-state index contributed by atoms with van der Waals surface area (Å²) in [6.45, 7) is 2.47. The van der Waals surface area contributed by atoms with E-state index in [0.29, 0.717) is 26.2 Å². The van der Waals surface area contributed by atoms with Crippen molar-refractivity contribution in [2.24, 2.45) is 5.92 Å². The molecule has 1 N–H and O–H groups in total. The van der Waals surface area contributed by atoms with Crippen molar-refractivity contribution in [2.45, 2.75) is 37.6 Å². The van der Waals surface area contributed by atoms with Crippen LogP contribution in [0, 0.1) is 5.92 Å². The fraction of sp³-hybridized carbons (Fsp3) is 0.667. The molecule has 0 radical (unpaired) electrons. The van der Waals surface area contributed by atoms with Gasteiger partial charge in [-0.3, -0.25) is 0 Å². The van der Waals surface area contributed by atoms with Crippen LogP contribution in [0.3, 0.4) is 0 Å². The van der Waals surface area contributed by atoms with Crippen LogP contribution in [0.25, 0.3) is 11.0 Å². The maximum Gasteiger partial charge on any atom is 0.282 e. The first-order valence-corrected chi connectivity index (χ1v) is 11.2. The average Bonchev–Trinajstić information content (AvgIpc) is 3.58. The standard InChI is InChI=1S/C18H26N6O2S/c1-22(9-5-14-2-3-14)27(25,26)24-11-10-23(12-18(24)6-7-18)17-15-4-8-19-16(15)20-13-21-17/h4,8,13-14H,2-3,5-7,9-12H2,1H3,(H,19,20,21). The minimum Gasteiger partial charge on any atom is -0.353 e. The van der Waals surface area contributed by atoms with Gasteiger partial charge in [-0.2, -0.15) is 17.0 Å². The van der Waals surface area contributed by atoms with Gasteiger partial charge in [-0.25, -0.2) is 9.97 Å². The lowest BCUT2D eigenvalue weighted by Gasteiger charge is -2.43. The molecule has 0 amide bonds. The van der Waals surface area contributed by atoms with Gasteiger partial charge in [0.2, 0.25) is 0 Å². The van der Waals surface area contributed by atoms with E-state index in [2.05, 4.69) is 19.9 Å². The van der Waals surface area contributed by atoms with Crippen molar-refractivity contribution in [1.82, 2.24) is 23.6 Å². The molecule has 9 heteroatoms. The van der Waals surface area contributed by atoms with E-state index in [1.807, 2.05) is 12.3 Å². The van der Waals surface area contributed by atoms with Crippen molar-refractivity contribution < 1.29 is 8.42 Å². The molecule has 8 nitrogen and oxygen atoms in total. The van der Waals surface area contributed by atoms with E-state index in [4.69, 9.17) is 0 Å². The third kappa shape index (κ3) is 3.01. The van der Waals surface area contributed by atoms with Gasteiger partial charge in [-0.15, -0.1) is 0 Å². The number of nitrogens with zero attached hydrogens (tertiary/aromatic N) is 5. The van der Waals surface area contributed by atoms with Gasteiger partial charge < -0.3 is 9.88 Å². The Hall–Kier alpha value is -1.71. The molecule has 1 spiro atoms. The van der Waals surface area contributed by atoms with Gasteiger partial charge in [-0.05, 0) is 31.2 Å². The summed E-state index contributed by atoms with van der Waals surface area (Å²) in [5, 5.41) is 0.992. The van der Waals surface area contributed by atoms with Crippen LogP contribution in [0.2, 0.25) is 0 Å². The Morgan fingerprint density at radius 2 is 2.11 bits per heavy atom. The van der Waals surface area contributed by atoms with Crippen LogP contribution in [0.5, 0.6) is 0 Å². The molecular weight excluding hydrogens is 364 g/mol. The number of aromatic amines is 1. The molecule has 2 aliphatic carbocycles. The summed E-state index contributed by atoms with van der Waals surface area (Å²) >= 11 is 0. The van der Waals surface area contributed by atoms with E-state index in [9.17, 15) is 8.42 Å². The molecule has 3 heterocycles. The zero-order valence-corrected chi connectivity index (χ0v) is 16.5. The fourth-order valence-corrected chi connectivity index (χ4v) is 5.93. The maximum absolute atomic E-state index is 13.2. The largest absolute Gasteiger partial charge is 0.353 e. The van der Waals surface area contributed by atoms with Gasteiger partial charge in [0.25, 0.3) is 10.2 Å². The topological polar surface area (TPSA) is 85.4 Å². The molecule has 3 aliphatic rings. The van der Waals surface area contributed by atoms with Crippen LogP contribution in [0.1, 0.15) is 32.1 Å². The van der Waals surface area contributed by atoms with Crippen molar-refractivity contribution >= 4 is 27.1 Å². The van der Waals surface area contributed by atoms with Gasteiger partial charge in [0.05, 0.1) is 10.9 Å². The highest BCUT2D eigenvalue weighted by atomic mass is 32.2. The summed E-state index contributed by atoms with van der Waals surface area (Å²) in [5.41, 5.74) is 0.540. The Balaban J connectivity index is 1.36. The zero-order chi connectivity index (χ0) is 18.6. The Kier molecular flexibility index (Phi) is 3.96. The van der Waals surface area contributed by atoms with E-state index in [-0.39, 0.29) is 5.54 Å². The van der Waals surface area contributed by atoms with Crippen molar-refractivity contribution in [3.63, 3.8) is 0 Å². The number of hydrogen-bond donors (Lipinski definition) is 1. The number of fused-ring (bicyclic) bond motifs is 1. The summed E-state index contributed by atoms with van der Waals surface area (Å²) < 4.78 is 29.7. The minimum atomic E-state index is -3.41. The SMILES string of the molecule is CN(CCC1CC1)S(=O)(=O)N1CCN(c2ncnc3[nH]ccc23)CC12CC2. The van der Waals surface area contributed by atoms with Crippen molar-refractivity contribution in [1.29, 1.82) is 0 Å². The summed E-state index contributed by atoms with van der Waals surface area (Å²) in [7, 11) is -1.68. The van der Waals surface area contributed by atoms with E-state index in [1.165, 1.54) is 12.8 Å². The van der Waals surface area contributed by atoms with Gasteiger partial charge >= 0.3 is 0 Å². The molecule has 27 heavy (non-hydrogen) atoms. The number of aromatic nitrogens is 3. The first kappa shape index (κ1) is 17.4. The molecule has 3 fully saturated rings. The third-order valence-corrected chi connectivity index (χ3v) is 8.37. The van der Waals surface area contributed by atoms with Crippen molar-refractivity contribution in [2.75, 3.05) is 38.1 Å². The molecule has 1 saturated heterocycles. The molecule has 5 rings (SSSR count). The molecule has 146 valence electrons. The number of piperazine rings is 1. The Morgan fingerprint density at radius 3 is 2.85 bits per heavy atom. The van der Waals surface area contributed by atoms with E-state index in [1.54, 1.807) is 22.0 Å². The summed E-state index contributed by atoms with van der Waals surface area (Å²) in [6.07, 6.45) is 8.76. The second-order valence-electron chi connectivity index (χ2n) is 8.22. The molecule has 0 atom stereocenters. The Labute approximate surface area is 159 Å². The molecule has 2 saturated carbocycles. The van der Waals surface area contributed by atoms with Gasteiger partial charge in [0.1, 0.15) is 17.8 Å². The van der Waals surface area contributed by atoms with Crippen LogP contribution in [-0.2, 0) is 10.2 Å². The highest BCUT2D eigenvalue weighted by Crippen LogP contribution is 2.47. The lowest BCUT2D eigenvalue weighted by Crippen LogP contribution is -2.59. The molecule has 2 aromatic rings.